The van der Waals surface area contributed by atoms with Gasteiger partial charge in [0, 0.05) is 11.4 Å². The van der Waals surface area contributed by atoms with Gasteiger partial charge >= 0.3 is 0 Å². The van der Waals surface area contributed by atoms with Gasteiger partial charge in [0.05, 0.1) is 12.2 Å². The predicted molar refractivity (Wildman–Crippen MR) is 91.6 cm³/mol. The molecule has 0 aliphatic heterocycles. The van der Waals surface area contributed by atoms with E-state index in [4.69, 9.17) is 4.74 Å². The van der Waals surface area contributed by atoms with Gasteiger partial charge in [0.1, 0.15) is 5.75 Å². The number of nitrogens with one attached hydrogen (secondary N) is 1. The lowest BCUT2D eigenvalue weighted by molar-refractivity contribution is 0.0947. The van der Waals surface area contributed by atoms with Gasteiger partial charge in [-0.2, -0.15) is 0 Å². The van der Waals surface area contributed by atoms with Crippen LogP contribution in [0.4, 0.5) is 0 Å². The predicted octanol–water partition coefficient (Wildman–Crippen LogP) is 4.13. The van der Waals surface area contributed by atoms with E-state index in [2.05, 4.69) is 17.4 Å². The fourth-order valence-electron chi connectivity index (χ4n) is 2.01. The number of amides is 1. The van der Waals surface area contributed by atoms with Crippen LogP contribution in [0.5, 0.6) is 5.75 Å². The number of para-hydroxylation sites is 1. The van der Waals surface area contributed by atoms with E-state index in [1.165, 1.54) is 4.90 Å². The van der Waals surface area contributed by atoms with E-state index in [-0.39, 0.29) is 5.91 Å². The number of thioether (sulfide) groups is 1. The largest absolute Gasteiger partial charge is 0.493 e. The van der Waals surface area contributed by atoms with Gasteiger partial charge in [0.15, 0.2) is 0 Å². The smallest absolute Gasteiger partial charge is 0.255 e. The molecule has 2 aromatic rings. The molecule has 3 nitrogen and oxygen atoms in total. The van der Waals surface area contributed by atoms with Crippen molar-refractivity contribution in [3.8, 4) is 5.75 Å². The van der Waals surface area contributed by atoms with Crippen molar-refractivity contribution >= 4 is 17.7 Å². The average Bonchev–Trinajstić information content (AvgIpc) is 2.58. The van der Waals surface area contributed by atoms with Crippen LogP contribution in [0, 0.1) is 0 Å². The fourth-order valence-corrected chi connectivity index (χ4v) is 2.42. The van der Waals surface area contributed by atoms with Crippen LogP contribution >= 0.6 is 11.8 Å². The summed E-state index contributed by atoms with van der Waals surface area (Å²) < 4.78 is 5.63. The highest BCUT2D eigenvalue weighted by molar-refractivity contribution is 7.98. The first-order valence-corrected chi connectivity index (χ1v) is 8.60. The minimum absolute atomic E-state index is 0.111. The summed E-state index contributed by atoms with van der Waals surface area (Å²) in [5.41, 5.74) is 1.66. The van der Waals surface area contributed by atoms with Crippen LogP contribution < -0.4 is 10.1 Å². The van der Waals surface area contributed by atoms with Crippen molar-refractivity contribution in [1.29, 1.82) is 0 Å². The molecule has 0 fully saturated rings. The number of hydrogen-bond donors (Lipinski definition) is 1. The lowest BCUT2D eigenvalue weighted by Crippen LogP contribution is -2.23. The Morgan fingerprint density at radius 2 is 1.86 bits per heavy atom. The molecular formula is C18H21NO2S. The molecule has 0 saturated carbocycles. The third-order valence-corrected chi connectivity index (χ3v) is 3.95. The van der Waals surface area contributed by atoms with E-state index in [0.717, 1.165) is 12.0 Å². The average molecular weight is 315 g/mol. The maximum absolute atomic E-state index is 12.3. The molecule has 0 saturated heterocycles. The molecule has 0 spiro atoms. The molecule has 0 heterocycles. The Hall–Kier alpha value is -1.94. The zero-order valence-corrected chi connectivity index (χ0v) is 13.8. The van der Waals surface area contributed by atoms with Crippen molar-refractivity contribution in [1.82, 2.24) is 5.32 Å². The Labute approximate surface area is 136 Å². The first kappa shape index (κ1) is 16.4. The third kappa shape index (κ3) is 4.53. The molecule has 0 aromatic heterocycles. The molecule has 116 valence electrons. The number of ether oxygens (including phenoxy) is 1. The van der Waals surface area contributed by atoms with Crippen molar-refractivity contribution in [2.24, 2.45) is 0 Å². The maximum Gasteiger partial charge on any atom is 0.255 e. The van der Waals surface area contributed by atoms with Crippen molar-refractivity contribution in [3.63, 3.8) is 0 Å². The molecule has 4 heteroatoms. The molecule has 0 atom stereocenters. The summed E-state index contributed by atoms with van der Waals surface area (Å²) in [7, 11) is 0. The molecule has 2 rings (SSSR count). The summed E-state index contributed by atoms with van der Waals surface area (Å²) in [6.07, 6.45) is 2.96. The molecule has 0 bridgehead atoms. The van der Waals surface area contributed by atoms with Crippen LogP contribution in [0.3, 0.4) is 0 Å². The van der Waals surface area contributed by atoms with Gasteiger partial charge in [-0.3, -0.25) is 4.79 Å². The van der Waals surface area contributed by atoms with Gasteiger partial charge in [0.25, 0.3) is 5.91 Å². The summed E-state index contributed by atoms with van der Waals surface area (Å²) >= 11 is 1.70. The molecule has 22 heavy (non-hydrogen) atoms. The summed E-state index contributed by atoms with van der Waals surface area (Å²) in [6, 6.07) is 15.5. The van der Waals surface area contributed by atoms with Crippen LogP contribution in [0.15, 0.2) is 53.4 Å². The van der Waals surface area contributed by atoms with Crippen LogP contribution in [0.25, 0.3) is 0 Å². The lowest BCUT2D eigenvalue weighted by Gasteiger charge is -2.11. The Bertz CT molecular complexity index is 611. The SMILES string of the molecule is CCCOc1ccccc1C(=O)NCc1ccc(SC)cc1. The second-order valence-corrected chi connectivity index (χ2v) is 5.76. The van der Waals surface area contributed by atoms with Gasteiger partial charge in [0.2, 0.25) is 0 Å². The molecule has 0 radical (unpaired) electrons. The monoisotopic (exact) mass is 315 g/mol. The molecule has 2 aromatic carbocycles. The van der Waals surface area contributed by atoms with Crippen molar-refractivity contribution in [2.45, 2.75) is 24.8 Å². The van der Waals surface area contributed by atoms with Crippen LogP contribution in [0.1, 0.15) is 29.3 Å². The van der Waals surface area contributed by atoms with Gasteiger partial charge in [-0.05, 0) is 42.5 Å². The maximum atomic E-state index is 12.3. The van der Waals surface area contributed by atoms with E-state index in [1.54, 1.807) is 17.8 Å². The van der Waals surface area contributed by atoms with E-state index in [9.17, 15) is 4.79 Å². The number of benzene rings is 2. The molecular weight excluding hydrogens is 294 g/mol. The van der Waals surface area contributed by atoms with Crippen molar-refractivity contribution in [3.05, 3.63) is 59.7 Å². The molecule has 0 unspecified atom stereocenters. The molecule has 0 aliphatic rings. The number of carbonyl (C=O) groups excluding carboxylic acids is 1. The minimum atomic E-state index is -0.111. The zero-order chi connectivity index (χ0) is 15.8. The van der Waals surface area contributed by atoms with Crippen molar-refractivity contribution < 1.29 is 9.53 Å². The molecule has 0 aliphatic carbocycles. The first-order valence-electron chi connectivity index (χ1n) is 7.37. The zero-order valence-electron chi connectivity index (χ0n) is 13.0. The van der Waals surface area contributed by atoms with E-state index in [1.807, 2.05) is 43.5 Å². The lowest BCUT2D eigenvalue weighted by atomic mass is 10.1. The summed E-state index contributed by atoms with van der Waals surface area (Å²) in [4.78, 5) is 13.5. The van der Waals surface area contributed by atoms with Crippen LogP contribution in [0.2, 0.25) is 0 Å². The fraction of sp³-hybridized carbons (Fsp3) is 0.278. The molecule has 1 N–H and O–H groups in total. The Morgan fingerprint density at radius 1 is 1.14 bits per heavy atom. The minimum Gasteiger partial charge on any atom is -0.493 e. The second-order valence-electron chi connectivity index (χ2n) is 4.88. The van der Waals surface area contributed by atoms with Gasteiger partial charge < -0.3 is 10.1 Å². The summed E-state index contributed by atoms with van der Waals surface area (Å²) in [5, 5.41) is 2.94. The second kappa shape index (κ2) is 8.49. The highest BCUT2D eigenvalue weighted by atomic mass is 32.2. The highest BCUT2D eigenvalue weighted by Crippen LogP contribution is 2.18. The van der Waals surface area contributed by atoms with Crippen LogP contribution in [-0.4, -0.2) is 18.8 Å². The molecule has 1 amide bonds. The standard InChI is InChI=1S/C18H21NO2S/c1-3-12-21-17-7-5-4-6-16(17)18(20)19-13-14-8-10-15(22-2)11-9-14/h4-11H,3,12-13H2,1-2H3,(H,19,20). The van der Waals surface area contributed by atoms with E-state index < -0.39 is 0 Å². The Balaban J connectivity index is 1.99. The summed E-state index contributed by atoms with van der Waals surface area (Å²) in [6.45, 7) is 3.16. The highest BCUT2D eigenvalue weighted by Gasteiger charge is 2.11. The Morgan fingerprint density at radius 3 is 2.55 bits per heavy atom. The van der Waals surface area contributed by atoms with Gasteiger partial charge in [-0.25, -0.2) is 0 Å². The quantitative estimate of drug-likeness (QED) is 0.781. The van der Waals surface area contributed by atoms with Gasteiger partial charge in [-0.15, -0.1) is 11.8 Å². The number of rotatable bonds is 7. The van der Waals surface area contributed by atoms with Crippen molar-refractivity contribution in [2.75, 3.05) is 12.9 Å². The third-order valence-electron chi connectivity index (χ3n) is 3.21. The Kier molecular flexibility index (Phi) is 6.34. The summed E-state index contributed by atoms with van der Waals surface area (Å²) in [5.74, 6) is 0.528. The number of hydrogen-bond acceptors (Lipinski definition) is 3. The van der Waals surface area contributed by atoms with E-state index in [0.29, 0.717) is 24.5 Å². The van der Waals surface area contributed by atoms with Crippen LogP contribution in [-0.2, 0) is 6.54 Å². The van der Waals surface area contributed by atoms with Gasteiger partial charge in [-0.1, -0.05) is 31.2 Å². The van der Waals surface area contributed by atoms with E-state index >= 15 is 0 Å². The topological polar surface area (TPSA) is 38.3 Å². The number of carbonyl (C=O) groups is 1. The first-order chi connectivity index (χ1) is 10.7. The normalized spacial score (nSPS) is 10.3.